The fourth-order valence-electron chi connectivity index (χ4n) is 2.42. The molecule has 0 radical (unpaired) electrons. The summed E-state index contributed by atoms with van der Waals surface area (Å²) in [7, 11) is 0. The Kier molecular flexibility index (Phi) is 1.80. The molecule has 0 heterocycles. The highest BCUT2D eigenvalue weighted by atomic mass is 14.4. The van der Waals surface area contributed by atoms with Gasteiger partial charge in [0.15, 0.2) is 0 Å². The van der Waals surface area contributed by atoms with E-state index in [2.05, 4.69) is 50.8 Å². The lowest BCUT2D eigenvalue weighted by Crippen LogP contribution is -2.11. The van der Waals surface area contributed by atoms with E-state index in [0.717, 1.165) is 0 Å². The summed E-state index contributed by atoms with van der Waals surface area (Å²) in [5.74, 6) is 0.561. The maximum atomic E-state index is 3.91. The molecule has 0 fully saturated rings. The Morgan fingerprint density at radius 3 is 2.77 bits per heavy atom. The minimum Gasteiger partial charge on any atom is -0.102 e. The van der Waals surface area contributed by atoms with E-state index in [4.69, 9.17) is 0 Å². The molecule has 1 atom stereocenters. The van der Waals surface area contributed by atoms with Crippen LogP contribution in [-0.4, -0.2) is 0 Å². The average molecular weight is 172 g/mol. The largest absolute Gasteiger partial charge is 0.102 e. The second-order valence-electron chi connectivity index (χ2n) is 4.52. The maximum absolute atomic E-state index is 3.91. The molecule has 1 unspecified atom stereocenters. The smallest absolute Gasteiger partial charge is 0.00265 e. The van der Waals surface area contributed by atoms with E-state index in [1.54, 1.807) is 0 Å². The summed E-state index contributed by atoms with van der Waals surface area (Å²) in [5, 5.41) is 0. The van der Waals surface area contributed by atoms with Crippen molar-refractivity contribution in [3.63, 3.8) is 0 Å². The number of fused-ring (bicyclic) bond motifs is 1. The third kappa shape index (κ3) is 1.21. The summed E-state index contributed by atoms with van der Waals surface area (Å²) in [5.41, 5.74) is 3.30. The summed E-state index contributed by atoms with van der Waals surface area (Å²) in [6.07, 6.45) is 3.28. The molecule has 1 aliphatic rings. The highest BCUT2D eigenvalue weighted by molar-refractivity contribution is 5.43. The van der Waals surface area contributed by atoms with Crippen molar-refractivity contribution in [2.24, 2.45) is 0 Å². The van der Waals surface area contributed by atoms with E-state index in [1.165, 1.54) is 17.5 Å². The molecule has 0 bridgehead atoms. The van der Waals surface area contributed by atoms with Gasteiger partial charge in [0.1, 0.15) is 0 Å². The molecule has 0 aromatic heterocycles. The lowest BCUT2D eigenvalue weighted by atomic mass is 9.86. The van der Waals surface area contributed by atoms with E-state index in [1.807, 2.05) is 0 Å². The molecule has 1 aromatic carbocycles. The van der Waals surface area contributed by atoms with Crippen molar-refractivity contribution in [1.29, 1.82) is 0 Å². The third-order valence-corrected chi connectivity index (χ3v) is 3.10. The van der Waals surface area contributed by atoms with Crippen molar-refractivity contribution in [3.8, 4) is 0 Å². The highest BCUT2D eigenvalue weighted by Crippen LogP contribution is 2.45. The zero-order valence-corrected chi connectivity index (χ0v) is 8.38. The molecular formula is C13H16. The summed E-state index contributed by atoms with van der Waals surface area (Å²) >= 11 is 0. The number of rotatable bonds is 1. The molecule has 0 N–H and O–H groups in total. The summed E-state index contributed by atoms with van der Waals surface area (Å²) in [6.45, 7) is 8.54. The van der Waals surface area contributed by atoms with Gasteiger partial charge < -0.3 is 0 Å². The van der Waals surface area contributed by atoms with Gasteiger partial charge in [-0.2, -0.15) is 0 Å². The van der Waals surface area contributed by atoms with Crippen LogP contribution in [0.3, 0.4) is 0 Å². The molecular weight excluding hydrogens is 156 g/mol. The van der Waals surface area contributed by atoms with Gasteiger partial charge in [-0.25, -0.2) is 0 Å². The molecule has 13 heavy (non-hydrogen) atoms. The first-order valence-electron chi connectivity index (χ1n) is 4.87. The van der Waals surface area contributed by atoms with E-state index in [0.29, 0.717) is 11.3 Å². The van der Waals surface area contributed by atoms with Gasteiger partial charge in [0.05, 0.1) is 0 Å². The van der Waals surface area contributed by atoms with Gasteiger partial charge in [-0.15, -0.1) is 6.58 Å². The molecule has 2 rings (SSSR count). The summed E-state index contributed by atoms with van der Waals surface area (Å²) in [4.78, 5) is 0. The standard InChI is InChI=1S/C13H16/c1-4-10-9-13(2,3)12-8-6-5-7-11(10)12/h4-8,10H,1,9H2,2-3H3. The Hall–Kier alpha value is -1.04. The van der Waals surface area contributed by atoms with Crippen LogP contribution in [0.5, 0.6) is 0 Å². The van der Waals surface area contributed by atoms with Crippen molar-refractivity contribution in [1.82, 2.24) is 0 Å². The van der Waals surface area contributed by atoms with Crippen molar-refractivity contribution in [2.75, 3.05) is 0 Å². The monoisotopic (exact) mass is 172 g/mol. The van der Waals surface area contributed by atoms with Crippen LogP contribution >= 0.6 is 0 Å². The average Bonchev–Trinajstić information content (AvgIpc) is 2.39. The second kappa shape index (κ2) is 2.73. The SMILES string of the molecule is C=CC1CC(C)(C)c2ccccc21. The number of hydrogen-bond acceptors (Lipinski definition) is 0. The van der Waals surface area contributed by atoms with Crippen LogP contribution in [0.2, 0.25) is 0 Å². The Bertz CT molecular complexity index is 334. The van der Waals surface area contributed by atoms with Gasteiger partial charge in [0, 0.05) is 5.92 Å². The summed E-state index contributed by atoms with van der Waals surface area (Å²) < 4.78 is 0. The zero-order chi connectivity index (χ0) is 9.47. The van der Waals surface area contributed by atoms with Crippen LogP contribution in [0.15, 0.2) is 36.9 Å². The predicted octanol–water partition coefficient (Wildman–Crippen LogP) is 3.64. The molecule has 0 aliphatic heterocycles. The first-order valence-corrected chi connectivity index (χ1v) is 4.87. The molecule has 0 amide bonds. The molecule has 0 spiro atoms. The van der Waals surface area contributed by atoms with Gasteiger partial charge >= 0.3 is 0 Å². The van der Waals surface area contributed by atoms with Gasteiger partial charge in [0.2, 0.25) is 0 Å². The van der Waals surface area contributed by atoms with Crippen molar-refractivity contribution in [2.45, 2.75) is 31.6 Å². The van der Waals surface area contributed by atoms with Crippen LogP contribution in [0.1, 0.15) is 37.3 Å². The lowest BCUT2D eigenvalue weighted by molar-refractivity contribution is 0.504. The van der Waals surface area contributed by atoms with Gasteiger partial charge in [-0.1, -0.05) is 44.2 Å². The molecule has 1 aliphatic carbocycles. The Morgan fingerprint density at radius 1 is 1.38 bits per heavy atom. The van der Waals surface area contributed by atoms with Crippen molar-refractivity contribution < 1.29 is 0 Å². The molecule has 0 saturated heterocycles. The van der Waals surface area contributed by atoms with Gasteiger partial charge in [0.25, 0.3) is 0 Å². The molecule has 0 saturated carbocycles. The van der Waals surface area contributed by atoms with E-state index >= 15 is 0 Å². The summed E-state index contributed by atoms with van der Waals surface area (Å²) in [6, 6.07) is 8.73. The van der Waals surface area contributed by atoms with Crippen LogP contribution in [0, 0.1) is 0 Å². The van der Waals surface area contributed by atoms with Gasteiger partial charge in [-0.05, 0) is 23.0 Å². The van der Waals surface area contributed by atoms with Crippen LogP contribution in [0.4, 0.5) is 0 Å². The number of benzene rings is 1. The lowest BCUT2D eigenvalue weighted by Gasteiger charge is -2.18. The predicted molar refractivity (Wildman–Crippen MR) is 57.0 cm³/mol. The molecule has 68 valence electrons. The number of allylic oxidation sites excluding steroid dienone is 1. The molecule has 1 aromatic rings. The highest BCUT2D eigenvalue weighted by Gasteiger charge is 2.34. The topological polar surface area (TPSA) is 0 Å². The first-order chi connectivity index (χ1) is 6.15. The quantitative estimate of drug-likeness (QED) is 0.567. The van der Waals surface area contributed by atoms with E-state index < -0.39 is 0 Å². The van der Waals surface area contributed by atoms with Gasteiger partial charge in [-0.3, -0.25) is 0 Å². The third-order valence-electron chi connectivity index (χ3n) is 3.10. The zero-order valence-electron chi connectivity index (χ0n) is 8.38. The van der Waals surface area contributed by atoms with Crippen LogP contribution in [0.25, 0.3) is 0 Å². The first kappa shape index (κ1) is 8.55. The minimum absolute atomic E-state index is 0.329. The van der Waals surface area contributed by atoms with E-state index in [9.17, 15) is 0 Å². The minimum atomic E-state index is 0.329. The molecule has 0 nitrogen and oxygen atoms in total. The Morgan fingerprint density at radius 2 is 2.08 bits per heavy atom. The fraction of sp³-hybridized carbons (Fsp3) is 0.385. The second-order valence-corrected chi connectivity index (χ2v) is 4.52. The Balaban J connectivity index is 2.56. The van der Waals surface area contributed by atoms with Crippen molar-refractivity contribution >= 4 is 0 Å². The van der Waals surface area contributed by atoms with E-state index in [-0.39, 0.29) is 0 Å². The Labute approximate surface area is 80.3 Å². The maximum Gasteiger partial charge on any atom is 0.00265 e. The van der Waals surface area contributed by atoms with Crippen LogP contribution in [-0.2, 0) is 5.41 Å². The fourth-order valence-corrected chi connectivity index (χ4v) is 2.42. The molecule has 0 heteroatoms. The van der Waals surface area contributed by atoms with Crippen molar-refractivity contribution in [3.05, 3.63) is 48.0 Å². The number of hydrogen-bond donors (Lipinski definition) is 0. The van der Waals surface area contributed by atoms with Crippen LogP contribution < -0.4 is 0 Å². The normalized spacial score (nSPS) is 24.0.